The van der Waals surface area contributed by atoms with Crippen molar-refractivity contribution in [3.05, 3.63) is 90.2 Å². The molecule has 0 saturated heterocycles. The Morgan fingerprint density at radius 3 is 2.59 bits per heavy atom. The highest BCUT2D eigenvalue weighted by Crippen LogP contribution is 2.28. The van der Waals surface area contributed by atoms with Crippen LogP contribution in [0.1, 0.15) is 24.1 Å². The van der Waals surface area contributed by atoms with Crippen LogP contribution in [0.4, 0.5) is 24.7 Å². The van der Waals surface area contributed by atoms with E-state index in [2.05, 4.69) is 24.9 Å². The van der Waals surface area contributed by atoms with Gasteiger partial charge in [0.2, 0.25) is 5.95 Å². The van der Waals surface area contributed by atoms with Crippen LogP contribution in [0.25, 0.3) is 22.4 Å². The first-order valence-electron chi connectivity index (χ1n) is 12.3. The maximum atomic E-state index is 14.0. The van der Waals surface area contributed by atoms with Crippen molar-refractivity contribution in [3.8, 4) is 11.3 Å². The first-order chi connectivity index (χ1) is 18.9. The number of hydrogen-bond donors (Lipinski definition) is 2. The van der Waals surface area contributed by atoms with Crippen LogP contribution in [0.2, 0.25) is 0 Å². The largest absolute Gasteiger partial charge is 0.382 e. The Morgan fingerprint density at radius 1 is 0.923 bits per heavy atom. The van der Waals surface area contributed by atoms with Crippen LogP contribution in [0, 0.1) is 17.6 Å². The van der Waals surface area contributed by atoms with Crippen LogP contribution in [-0.4, -0.2) is 42.7 Å². The summed E-state index contributed by atoms with van der Waals surface area (Å²) in [6, 6.07) is 10.3. The lowest BCUT2D eigenvalue weighted by molar-refractivity contribution is 0.509. The molecule has 200 valence electrons. The minimum absolute atomic E-state index is 0.219. The molecule has 0 unspecified atom stereocenters. The first kappa shape index (κ1) is 26.0. The van der Waals surface area contributed by atoms with Crippen molar-refractivity contribution in [2.75, 3.05) is 23.8 Å². The zero-order chi connectivity index (χ0) is 27.4. The number of imidazole rings is 1. The minimum atomic E-state index is -0.955. The van der Waals surface area contributed by atoms with Gasteiger partial charge in [0.15, 0.2) is 23.1 Å². The second-order valence-corrected chi connectivity index (χ2v) is 8.99. The highest BCUT2D eigenvalue weighted by Gasteiger charge is 2.16. The molecule has 0 atom stereocenters. The number of benzene rings is 1. The average molecular weight is 534 g/mol. The van der Waals surface area contributed by atoms with Crippen LogP contribution in [0.3, 0.4) is 0 Å². The Kier molecular flexibility index (Phi) is 7.64. The monoisotopic (exact) mass is 533 g/mol. The number of nitrogens with two attached hydrogens (primary N) is 2. The number of unbranched alkanes of at least 4 members (excludes halogenated alkanes) is 1. The summed E-state index contributed by atoms with van der Waals surface area (Å²) in [6.07, 6.45) is 6.86. The summed E-state index contributed by atoms with van der Waals surface area (Å²) in [5.41, 5.74) is 16.3. The van der Waals surface area contributed by atoms with Gasteiger partial charge in [0, 0.05) is 17.8 Å². The molecule has 4 heterocycles. The Balaban J connectivity index is 1.43. The third kappa shape index (κ3) is 5.80. The van der Waals surface area contributed by atoms with E-state index < -0.39 is 17.6 Å². The van der Waals surface area contributed by atoms with Crippen LogP contribution in [0.15, 0.2) is 61.3 Å². The number of fused-ring (bicyclic) bond motifs is 1. The van der Waals surface area contributed by atoms with Gasteiger partial charge < -0.3 is 20.9 Å². The van der Waals surface area contributed by atoms with Crippen LogP contribution in [0.5, 0.6) is 0 Å². The molecule has 39 heavy (non-hydrogen) atoms. The second kappa shape index (κ2) is 11.4. The number of hydrogen-bond acceptors (Lipinski definition) is 8. The number of nitrogen functional groups attached to an aromatic ring is 1. The van der Waals surface area contributed by atoms with Crippen molar-refractivity contribution in [3.63, 3.8) is 0 Å². The number of halogens is 3. The van der Waals surface area contributed by atoms with Crippen molar-refractivity contribution < 1.29 is 13.2 Å². The van der Waals surface area contributed by atoms with E-state index in [9.17, 15) is 13.2 Å². The van der Waals surface area contributed by atoms with E-state index in [0.717, 1.165) is 36.2 Å². The lowest BCUT2D eigenvalue weighted by atomic mass is 10.1. The van der Waals surface area contributed by atoms with Gasteiger partial charge in [0.05, 0.1) is 37.1 Å². The molecule has 5 rings (SSSR count). The maximum Gasteiger partial charge on any atom is 0.213 e. The average Bonchev–Trinajstić information content (AvgIpc) is 3.34. The summed E-state index contributed by atoms with van der Waals surface area (Å²) in [5.74, 6) is -2.11. The molecule has 0 bridgehead atoms. The molecule has 0 aliphatic heterocycles. The molecular weight excluding hydrogens is 507 g/mol. The van der Waals surface area contributed by atoms with Crippen LogP contribution >= 0.6 is 0 Å². The molecule has 0 aliphatic carbocycles. The third-order valence-corrected chi connectivity index (χ3v) is 6.40. The van der Waals surface area contributed by atoms with Crippen molar-refractivity contribution in [1.82, 2.24) is 29.5 Å². The fourth-order valence-corrected chi connectivity index (χ4v) is 4.42. The van der Waals surface area contributed by atoms with Crippen molar-refractivity contribution >= 4 is 22.7 Å². The second-order valence-electron chi connectivity index (χ2n) is 8.99. The van der Waals surface area contributed by atoms with Gasteiger partial charge >= 0.3 is 0 Å². The zero-order valence-corrected chi connectivity index (χ0v) is 20.9. The van der Waals surface area contributed by atoms with Crippen LogP contribution in [-0.2, 0) is 13.0 Å². The molecular formula is C27H26F3N9. The first-order valence-corrected chi connectivity index (χ1v) is 12.3. The molecule has 0 aliphatic rings. The third-order valence-electron chi connectivity index (χ3n) is 6.40. The number of rotatable bonds is 10. The van der Waals surface area contributed by atoms with Gasteiger partial charge in [-0.05, 0) is 61.2 Å². The van der Waals surface area contributed by atoms with Gasteiger partial charge in [-0.2, -0.15) is 4.39 Å². The summed E-state index contributed by atoms with van der Waals surface area (Å²) in [4.78, 5) is 23.1. The molecule has 0 radical (unpaired) electrons. The molecule has 0 spiro atoms. The van der Waals surface area contributed by atoms with E-state index >= 15 is 0 Å². The molecule has 0 saturated carbocycles. The Labute approximate surface area is 222 Å². The quantitative estimate of drug-likeness (QED) is 0.156. The van der Waals surface area contributed by atoms with Crippen LogP contribution < -0.4 is 16.4 Å². The van der Waals surface area contributed by atoms with Gasteiger partial charge in [-0.3, -0.25) is 4.98 Å². The molecule has 4 N–H and O–H groups in total. The molecule has 0 amide bonds. The Bertz CT molecular complexity index is 1610. The lowest BCUT2D eigenvalue weighted by Crippen LogP contribution is -2.32. The molecule has 0 fully saturated rings. The molecule has 1 aromatic carbocycles. The maximum absolute atomic E-state index is 14.0. The van der Waals surface area contributed by atoms with Gasteiger partial charge in [0.1, 0.15) is 11.8 Å². The normalized spacial score (nSPS) is 11.3. The molecule has 9 nitrogen and oxygen atoms in total. The van der Waals surface area contributed by atoms with Crippen molar-refractivity contribution in [1.29, 1.82) is 0 Å². The standard InChI is InChI=1S/C27H26F3N9/c28-20-8-7-17(10-21(20)29)22-11-18(13-39-16-36-25-26(32)34-15-35-27(25)39)23(12-33-22)38(14-31)9-2-1-4-19-5-3-6-24(30)37-19/h3,5-8,10-12,15-16H,1-2,4,9,13-14,31H2,(H2,32,34,35). The number of aromatic nitrogens is 6. The summed E-state index contributed by atoms with van der Waals surface area (Å²) >= 11 is 0. The van der Waals surface area contributed by atoms with Gasteiger partial charge in [-0.15, -0.1) is 0 Å². The Morgan fingerprint density at radius 2 is 1.79 bits per heavy atom. The smallest absolute Gasteiger partial charge is 0.213 e. The minimum Gasteiger partial charge on any atom is -0.382 e. The van der Waals surface area contributed by atoms with E-state index in [-0.39, 0.29) is 12.5 Å². The zero-order valence-electron chi connectivity index (χ0n) is 20.9. The van der Waals surface area contributed by atoms with E-state index in [1.54, 1.807) is 24.7 Å². The fraction of sp³-hybridized carbons (Fsp3) is 0.222. The van der Waals surface area contributed by atoms with Gasteiger partial charge in [0.25, 0.3) is 0 Å². The predicted octanol–water partition coefficient (Wildman–Crippen LogP) is 4.08. The Hall–Kier alpha value is -4.58. The van der Waals surface area contributed by atoms with Crippen molar-refractivity contribution in [2.24, 2.45) is 5.73 Å². The summed E-state index contributed by atoms with van der Waals surface area (Å²) < 4.78 is 42.7. The molecule has 5 aromatic rings. The van der Waals surface area contributed by atoms with Gasteiger partial charge in [-0.1, -0.05) is 6.07 Å². The van der Waals surface area contributed by atoms with E-state index in [4.69, 9.17) is 11.5 Å². The van der Waals surface area contributed by atoms with E-state index in [0.29, 0.717) is 47.6 Å². The van der Waals surface area contributed by atoms with Crippen molar-refractivity contribution in [2.45, 2.75) is 25.8 Å². The number of anilines is 2. The van der Waals surface area contributed by atoms with E-state index in [1.165, 1.54) is 18.5 Å². The number of nitrogens with zero attached hydrogens (tertiary/aromatic N) is 7. The lowest BCUT2D eigenvalue weighted by Gasteiger charge is -2.26. The summed E-state index contributed by atoms with van der Waals surface area (Å²) in [5, 5.41) is 0. The topological polar surface area (TPSA) is 125 Å². The number of pyridine rings is 2. The molecule has 4 aromatic heterocycles. The number of aryl methyl sites for hydroxylation is 1. The molecule has 12 heteroatoms. The van der Waals surface area contributed by atoms with Gasteiger partial charge in [-0.25, -0.2) is 28.7 Å². The predicted molar refractivity (Wildman–Crippen MR) is 142 cm³/mol. The highest BCUT2D eigenvalue weighted by atomic mass is 19.2. The summed E-state index contributed by atoms with van der Waals surface area (Å²) in [6.45, 7) is 1.17. The SMILES string of the molecule is NCN(CCCCc1cccc(F)n1)c1cnc(-c2ccc(F)c(F)c2)cc1Cn1cnc2c(N)ncnc21. The fourth-order valence-electron chi connectivity index (χ4n) is 4.42. The highest BCUT2D eigenvalue weighted by molar-refractivity contribution is 5.81. The van der Waals surface area contributed by atoms with E-state index in [1.807, 2.05) is 15.5 Å². The summed E-state index contributed by atoms with van der Waals surface area (Å²) in [7, 11) is 0.